The van der Waals surface area contributed by atoms with Crippen molar-refractivity contribution >= 4 is 18.9 Å². The van der Waals surface area contributed by atoms with E-state index in [-0.39, 0.29) is 0 Å². The van der Waals surface area contributed by atoms with Gasteiger partial charge in [0.05, 0.1) is 0 Å². The van der Waals surface area contributed by atoms with Gasteiger partial charge in [0, 0.05) is 5.57 Å². The molecule has 0 aliphatic carbocycles. The Hall–Kier alpha value is -1.02. The topological polar surface area (TPSA) is 17.1 Å². The minimum Gasteiger partial charge on any atom is -0.298 e. The van der Waals surface area contributed by atoms with Gasteiger partial charge in [-0.1, -0.05) is 53.7 Å². The van der Waals surface area contributed by atoms with E-state index in [9.17, 15) is 4.79 Å². The van der Waals surface area contributed by atoms with Crippen LogP contribution >= 0.6 is 12.6 Å². The summed E-state index contributed by atoms with van der Waals surface area (Å²) >= 11 is 4.05. The smallest absolute Gasteiger partial charge is 0.149 e. The average Bonchev–Trinajstić information content (AvgIpc) is 2.42. The zero-order valence-corrected chi connectivity index (χ0v) is 15.4. The largest absolute Gasteiger partial charge is 0.298 e. The van der Waals surface area contributed by atoms with Gasteiger partial charge >= 0.3 is 0 Å². The van der Waals surface area contributed by atoms with Gasteiger partial charge in [0.15, 0.2) is 0 Å². The summed E-state index contributed by atoms with van der Waals surface area (Å²) in [6.45, 7) is 23.8. The number of allylic oxidation sites excluding steroid dienone is 5. The van der Waals surface area contributed by atoms with E-state index in [0.29, 0.717) is 11.0 Å². The highest BCUT2D eigenvalue weighted by Gasteiger charge is 1.99. The van der Waals surface area contributed by atoms with Crippen LogP contribution in [0.4, 0.5) is 0 Å². The fourth-order valence-electron chi connectivity index (χ4n) is 0.618. The highest BCUT2D eigenvalue weighted by atomic mass is 32.1. The van der Waals surface area contributed by atoms with E-state index in [2.05, 4.69) is 53.1 Å². The zero-order valence-electron chi connectivity index (χ0n) is 14.5. The molecule has 0 amide bonds. The van der Waals surface area contributed by atoms with Crippen LogP contribution in [0.5, 0.6) is 0 Å². The van der Waals surface area contributed by atoms with E-state index in [1.807, 2.05) is 39.8 Å². The van der Waals surface area contributed by atoms with Crippen molar-refractivity contribution in [1.29, 1.82) is 0 Å². The average molecular weight is 299 g/mol. The summed E-state index contributed by atoms with van der Waals surface area (Å²) in [5.41, 5.74) is 1.01. The van der Waals surface area contributed by atoms with Crippen LogP contribution in [0.2, 0.25) is 0 Å². The van der Waals surface area contributed by atoms with Crippen molar-refractivity contribution in [3.63, 3.8) is 0 Å². The van der Waals surface area contributed by atoms with Gasteiger partial charge in [-0.05, 0) is 29.7 Å². The van der Waals surface area contributed by atoms with E-state index in [1.54, 1.807) is 6.08 Å². The first-order valence-corrected chi connectivity index (χ1v) is 7.37. The molecule has 0 rings (SSSR count). The highest BCUT2D eigenvalue weighted by molar-refractivity contribution is 7.84. The summed E-state index contributed by atoms with van der Waals surface area (Å²) in [7, 11) is 0. The fraction of sp³-hybridized carbons (Fsp3) is 0.500. The van der Waals surface area contributed by atoms with Crippen LogP contribution in [0.25, 0.3) is 0 Å². The summed E-state index contributed by atoms with van der Waals surface area (Å²) in [5.74, 6) is 0. The number of rotatable bonds is 3. The number of carbonyl (C=O) groups excluding carboxylic acids is 1. The van der Waals surface area contributed by atoms with E-state index in [0.717, 1.165) is 17.6 Å². The molecule has 0 bridgehead atoms. The van der Waals surface area contributed by atoms with Crippen molar-refractivity contribution in [1.82, 2.24) is 0 Å². The molecule has 0 atom stereocenters. The first-order valence-electron chi connectivity index (χ1n) is 6.93. The maximum absolute atomic E-state index is 10.3. The normalized spacial score (nSPS) is 10.6. The summed E-state index contributed by atoms with van der Waals surface area (Å²) in [6.07, 6.45) is 7.27. The molecule has 0 aromatic rings. The van der Waals surface area contributed by atoms with Gasteiger partial charge < -0.3 is 0 Å². The van der Waals surface area contributed by atoms with Crippen LogP contribution < -0.4 is 0 Å². The van der Waals surface area contributed by atoms with Crippen molar-refractivity contribution in [2.24, 2.45) is 5.41 Å². The number of carbonyl (C=O) groups is 1. The minimum atomic E-state index is 0.306. The summed E-state index contributed by atoms with van der Waals surface area (Å²) in [5, 5.41) is 0. The monoisotopic (exact) mass is 298 g/mol. The molecule has 0 N–H and O–H groups in total. The third-order valence-corrected chi connectivity index (χ3v) is 1.69. The predicted molar refractivity (Wildman–Crippen MR) is 99.4 cm³/mol. The van der Waals surface area contributed by atoms with Gasteiger partial charge in [0.25, 0.3) is 0 Å². The van der Waals surface area contributed by atoms with Crippen LogP contribution in [-0.2, 0) is 4.79 Å². The molecule has 0 aromatic carbocycles. The molecule has 0 saturated heterocycles. The molecule has 118 valence electrons. The Balaban J connectivity index is -0.000000109. The molecule has 0 unspecified atom stereocenters. The maximum Gasteiger partial charge on any atom is 0.149 e. The molecule has 0 aromatic heterocycles. The summed E-state index contributed by atoms with van der Waals surface area (Å²) in [4.78, 5) is 11.1. The summed E-state index contributed by atoms with van der Waals surface area (Å²) in [6, 6.07) is 0. The van der Waals surface area contributed by atoms with Crippen LogP contribution in [0.3, 0.4) is 0 Å². The number of thiol groups is 1. The fourth-order valence-corrected chi connectivity index (χ4v) is 0.767. The molecule has 2 heteroatoms. The second-order valence-electron chi connectivity index (χ2n) is 4.59. The molecule has 0 spiro atoms. The van der Waals surface area contributed by atoms with E-state index in [4.69, 9.17) is 0 Å². The van der Waals surface area contributed by atoms with Crippen LogP contribution in [0.15, 0.2) is 48.4 Å². The molecule has 0 aliphatic heterocycles. The third-order valence-electron chi connectivity index (χ3n) is 1.56. The van der Waals surface area contributed by atoms with Gasteiger partial charge in [0.2, 0.25) is 0 Å². The van der Waals surface area contributed by atoms with Gasteiger partial charge in [-0.2, -0.15) is 0 Å². The molecular weight excluding hydrogens is 264 g/mol. The molecular formula is C18H34OS. The van der Waals surface area contributed by atoms with Gasteiger partial charge in [-0.15, -0.1) is 32.4 Å². The third kappa shape index (κ3) is 36.0. The first-order chi connectivity index (χ1) is 9.26. The molecule has 0 heterocycles. The molecule has 0 saturated carbocycles. The van der Waals surface area contributed by atoms with E-state index >= 15 is 0 Å². The summed E-state index contributed by atoms with van der Waals surface area (Å²) < 4.78 is 0. The quantitative estimate of drug-likeness (QED) is 0.210. The second kappa shape index (κ2) is 20.3. The Morgan fingerprint density at radius 3 is 1.70 bits per heavy atom. The Morgan fingerprint density at radius 1 is 1.20 bits per heavy atom. The Morgan fingerprint density at radius 2 is 1.55 bits per heavy atom. The van der Waals surface area contributed by atoms with Crippen molar-refractivity contribution in [3.8, 4) is 0 Å². The van der Waals surface area contributed by atoms with Crippen LogP contribution in [0, 0.1) is 5.41 Å². The lowest BCUT2D eigenvalue weighted by Crippen LogP contribution is -1.96. The van der Waals surface area contributed by atoms with Crippen molar-refractivity contribution < 1.29 is 4.79 Å². The zero-order chi connectivity index (χ0) is 17.2. The number of aldehydes is 1. The maximum atomic E-state index is 10.3. The molecule has 1 nitrogen and oxygen atoms in total. The molecule has 20 heavy (non-hydrogen) atoms. The SMILES string of the molecule is C=C.C=CC(C)(C)C.CC.CC/C=C(C=O)\C=C(/C)S. The molecule has 0 fully saturated rings. The lowest BCUT2D eigenvalue weighted by Gasteiger charge is -2.08. The lowest BCUT2D eigenvalue weighted by atomic mass is 9.98. The Labute approximate surface area is 133 Å². The van der Waals surface area contributed by atoms with Gasteiger partial charge in [-0.25, -0.2) is 0 Å². The van der Waals surface area contributed by atoms with Crippen LogP contribution in [-0.4, -0.2) is 6.29 Å². The first kappa shape index (κ1) is 27.3. The van der Waals surface area contributed by atoms with Gasteiger partial charge in [-0.3, -0.25) is 4.79 Å². The van der Waals surface area contributed by atoms with Crippen molar-refractivity contribution in [2.45, 2.75) is 54.9 Å². The van der Waals surface area contributed by atoms with Crippen molar-refractivity contribution in [2.75, 3.05) is 0 Å². The van der Waals surface area contributed by atoms with Crippen molar-refractivity contribution in [3.05, 3.63) is 48.4 Å². The second-order valence-corrected chi connectivity index (χ2v) is 5.29. The number of hydrogen-bond donors (Lipinski definition) is 1. The molecule has 0 aliphatic rings. The van der Waals surface area contributed by atoms with E-state index < -0.39 is 0 Å². The Bertz CT molecular complexity index is 276. The van der Waals surface area contributed by atoms with Crippen LogP contribution in [0.1, 0.15) is 54.9 Å². The standard InChI is InChI=1S/C8H12OS.C6H12.C2H6.C2H4/c1-3-4-8(6-9)5-7(2)10;1-5-6(2,3)4;2*1-2/h4-6,10H,3H2,1-2H3;5H,1H2,2-4H3;1-2H3;1-2H2/b7-5+,8-4+;;;. The predicted octanol–water partition coefficient (Wildman–Crippen LogP) is 6.40. The number of hydrogen-bond acceptors (Lipinski definition) is 2. The van der Waals surface area contributed by atoms with Gasteiger partial charge in [0.1, 0.15) is 6.29 Å². The minimum absolute atomic E-state index is 0.306. The molecule has 0 radical (unpaired) electrons. The van der Waals surface area contributed by atoms with E-state index in [1.165, 1.54) is 0 Å². The Kier molecular flexibility index (Phi) is 27.8. The lowest BCUT2D eigenvalue weighted by molar-refractivity contribution is -0.104. The highest BCUT2D eigenvalue weighted by Crippen LogP contribution is 2.11.